The fourth-order valence-electron chi connectivity index (χ4n) is 1.16. The molecular weight excluding hydrogens is 208 g/mol. The second kappa shape index (κ2) is 4.76. The Morgan fingerprint density at radius 2 is 2.12 bits per heavy atom. The maximum Gasteiger partial charge on any atom is 0.255 e. The zero-order valence-electron chi connectivity index (χ0n) is 8.83. The lowest BCUT2D eigenvalue weighted by atomic mass is 10.3. The van der Waals surface area contributed by atoms with Crippen LogP contribution in [0.15, 0.2) is 34.9 Å². The lowest BCUT2D eigenvalue weighted by molar-refractivity contribution is 0.151. The summed E-state index contributed by atoms with van der Waals surface area (Å²) in [6.07, 6.45) is -0.752. The van der Waals surface area contributed by atoms with E-state index in [1.807, 2.05) is 30.3 Å². The number of benzene rings is 1. The molecule has 84 valence electrons. The highest BCUT2D eigenvalue weighted by Crippen LogP contribution is 2.12. The molecule has 1 heterocycles. The van der Waals surface area contributed by atoms with E-state index in [0.29, 0.717) is 5.82 Å². The number of aliphatic hydroxyl groups excluding tert-OH is 1. The molecule has 1 aromatic heterocycles. The van der Waals surface area contributed by atoms with Gasteiger partial charge in [0.15, 0.2) is 6.61 Å². The van der Waals surface area contributed by atoms with Crippen molar-refractivity contribution in [3.05, 3.63) is 42.0 Å². The van der Waals surface area contributed by atoms with E-state index >= 15 is 0 Å². The smallest absolute Gasteiger partial charge is 0.255 e. The first-order valence-corrected chi connectivity index (χ1v) is 4.94. The Hall–Kier alpha value is -1.88. The fraction of sp³-hybridized carbons (Fsp3) is 0.273. The summed E-state index contributed by atoms with van der Waals surface area (Å²) in [7, 11) is 0. The van der Waals surface area contributed by atoms with Gasteiger partial charge in [0.2, 0.25) is 5.82 Å². The lowest BCUT2D eigenvalue weighted by Crippen LogP contribution is -1.98. The molecule has 16 heavy (non-hydrogen) atoms. The Bertz CT molecular complexity index is 440. The van der Waals surface area contributed by atoms with Crippen molar-refractivity contribution >= 4 is 0 Å². The molecule has 0 amide bonds. The minimum absolute atomic E-state index is 0.201. The van der Waals surface area contributed by atoms with Crippen molar-refractivity contribution in [2.45, 2.75) is 19.6 Å². The number of hydrogen-bond donors (Lipinski definition) is 1. The van der Waals surface area contributed by atoms with Gasteiger partial charge in [0.25, 0.3) is 5.89 Å². The van der Waals surface area contributed by atoms with Crippen LogP contribution >= 0.6 is 0 Å². The summed E-state index contributed by atoms with van der Waals surface area (Å²) in [6, 6.07) is 9.36. The van der Waals surface area contributed by atoms with Crippen molar-refractivity contribution in [2.75, 3.05) is 0 Å². The van der Waals surface area contributed by atoms with E-state index in [4.69, 9.17) is 9.26 Å². The standard InChI is InChI=1S/C11H12N2O3/c1-8(14)11-12-10(13-16-11)7-15-9-5-3-2-4-6-9/h2-6,8,14H,7H2,1H3/t8-/m0/s1. The van der Waals surface area contributed by atoms with Crippen LogP contribution in [-0.4, -0.2) is 15.2 Å². The highest BCUT2D eigenvalue weighted by molar-refractivity contribution is 5.20. The molecule has 1 aromatic carbocycles. The Kier molecular flexibility index (Phi) is 3.16. The summed E-state index contributed by atoms with van der Waals surface area (Å²) in [6.45, 7) is 1.79. The van der Waals surface area contributed by atoms with E-state index in [1.54, 1.807) is 6.92 Å². The van der Waals surface area contributed by atoms with Gasteiger partial charge in [0, 0.05) is 0 Å². The van der Waals surface area contributed by atoms with E-state index in [0.717, 1.165) is 5.75 Å². The molecule has 0 radical (unpaired) electrons. The van der Waals surface area contributed by atoms with Gasteiger partial charge in [-0.1, -0.05) is 23.4 Å². The third-order valence-electron chi connectivity index (χ3n) is 1.95. The van der Waals surface area contributed by atoms with Crippen LogP contribution in [0.2, 0.25) is 0 Å². The molecule has 0 spiro atoms. The summed E-state index contributed by atoms with van der Waals surface area (Å²) < 4.78 is 10.2. The molecule has 5 nitrogen and oxygen atoms in total. The highest BCUT2D eigenvalue weighted by atomic mass is 16.5. The van der Waals surface area contributed by atoms with E-state index in [9.17, 15) is 5.11 Å². The van der Waals surface area contributed by atoms with E-state index < -0.39 is 6.10 Å². The Morgan fingerprint density at radius 1 is 1.38 bits per heavy atom. The average molecular weight is 220 g/mol. The van der Waals surface area contributed by atoms with Crippen LogP contribution in [0.5, 0.6) is 5.75 Å². The van der Waals surface area contributed by atoms with Crippen molar-refractivity contribution < 1.29 is 14.4 Å². The number of rotatable bonds is 4. The molecule has 1 atom stereocenters. The van der Waals surface area contributed by atoms with Gasteiger partial charge >= 0.3 is 0 Å². The monoisotopic (exact) mass is 220 g/mol. The SMILES string of the molecule is C[C@H](O)c1nc(COc2ccccc2)no1. The van der Waals surface area contributed by atoms with Gasteiger partial charge in [-0.15, -0.1) is 0 Å². The molecule has 5 heteroatoms. The Balaban J connectivity index is 1.95. The third kappa shape index (κ3) is 2.58. The van der Waals surface area contributed by atoms with Crippen molar-refractivity contribution in [1.29, 1.82) is 0 Å². The molecule has 0 bridgehead atoms. The normalized spacial score (nSPS) is 12.4. The minimum Gasteiger partial charge on any atom is -0.485 e. The molecule has 0 saturated carbocycles. The largest absolute Gasteiger partial charge is 0.485 e. The van der Waals surface area contributed by atoms with Gasteiger partial charge in [-0.05, 0) is 19.1 Å². The van der Waals surface area contributed by atoms with Crippen LogP contribution in [-0.2, 0) is 6.61 Å². The van der Waals surface area contributed by atoms with Gasteiger partial charge in [-0.25, -0.2) is 0 Å². The highest BCUT2D eigenvalue weighted by Gasteiger charge is 2.11. The zero-order chi connectivity index (χ0) is 11.4. The summed E-state index contributed by atoms with van der Waals surface area (Å²) in [4.78, 5) is 3.97. The van der Waals surface area contributed by atoms with Crippen LogP contribution in [0.3, 0.4) is 0 Å². The van der Waals surface area contributed by atoms with Crippen molar-refractivity contribution in [3.63, 3.8) is 0 Å². The molecule has 1 N–H and O–H groups in total. The fourth-order valence-corrected chi connectivity index (χ4v) is 1.16. The molecule has 0 unspecified atom stereocenters. The number of aromatic nitrogens is 2. The summed E-state index contributed by atoms with van der Waals surface area (Å²) in [5.74, 6) is 1.36. The van der Waals surface area contributed by atoms with Gasteiger partial charge in [-0.2, -0.15) is 4.98 Å². The summed E-state index contributed by atoms with van der Waals surface area (Å²) in [5, 5.41) is 12.9. The summed E-state index contributed by atoms with van der Waals surface area (Å²) >= 11 is 0. The number of ether oxygens (including phenoxy) is 1. The van der Waals surface area contributed by atoms with Crippen molar-refractivity contribution in [3.8, 4) is 5.75 Å². The minimum atomic E-state index is -0.752. The predicted octanol–water partition coefficient (Wildman–Crippen LogP) is 1.70. The first kappa shape index (κ1) is 10.6. The molecular formula is C11H12N2O3. The second-order valence-electron chi connectivity index (χ2n) is 3.33. The molecule has 0 aliphatic rings. The topological polar surface area (TPSA) is 68.4 Å². The van der Waals surface area contributed by atoms with Crippen LogP contribution in [0, 0.1) is 0 Å². The molecule has 0 fully saturated rings. The number of para-hydroxylation sites is 1. The van der Waals surface area contributed by atoms with Crippen LogP contribution < -0.4 is 4.74 Å². The quantitative estimate of drug-likeness (QED) is 0.849. The number of nitrogens with zero attached hydrogens (tertiary/aromatic N) is 2. The maximum atomic E-state index is 9.19. The van der Waals surface area contributed by atoms with Crippen molar-refractivity contribution in [1.82, 2.24) is 10.1 Å². The van der Waals surface area contributed by atoms with Gasteiger partial charge in [0.05, 0.1) is 0 Å². The summed E-state index contributed by atoms with van der Waals surface area (Å²) in [5.41, 5.74) is 0. The van der Waals surface area contributed by atoms with Crippen LogP contribution in [0.4, 0.5) is 0 Å². The maximum absolute atomic E-state index is 9.19. The van der Waals surface area contributed by atoms with E-state index in [2.05, 4.69) is 10.1 Å². The molecule has 0 aliphatic carbocycles. The predicted molar refractivity (Wildman–Crippen MR) is 55.7 cm³/mol. The Morgan fingerprint density at radius 3 is 2.75 bits per heavy atom. The van der Waals surface area contributed by atoms with Crippen LogP contribution in [0.1, 0.15) is 24.7 Å². The second-order valence-corrected chi connectivity index (χ2v) is 3.33. The zero-order valence-corrected chi connectivity index (χ0v) is 8.83. The van der Waals surface area contributed by atoms with Gasteiger partial charge in [-0.3, -0.25) is 0 Å². The Labute approximate surface area is 92.7 Å². The first-order valence-electron chi connectivity index (χ1n) is 4.94. The van der Waals surface area contributed by atoms with Gasteiger partial charge in [0.1, 0.15) is 11.9 Å². The van der Waals surface area contributed by atoms with Crippen LogP contribution in [0.25, 0.3) is 0 Å². The number of hydrogen-bond acceptors (Lipinski definition) is 5. The first-order chi connectivity index (χ1) is 7.75. The number of aliphatic hydroxyl groups is 1. The molecule has 0 aliphatic heterocycles. The third-order valence-corrected chi connectivity index (χ3v) is 1.95. The molecule has 0 saturated heterocycles. The van der Waals surface area contributed by atoms with Crippen molar-refractivity contribution in [2.24, 2.45) is 0 Å². The van der Waals surface area contributed by atoms with E-state index in [-0.39, 0.29) is 12.5 Å². The average Bonchev–Trinajstić information content (AvgIpc) is 2.76. The molecule has 2 rings (SSSR count). The lowest BCUT2D eigenvalue weighted by Gasteiger charge is -2.01. The van der Waals surface area contributed by atoms with Gasteiger partial charge < -0.3 is 14.4 Å². The molecule has 2 aromatic rings. The van der Waals surface area contributed by atoms with E-state index in [1.165, 1.54) is 0 Å².